The van der Waals surface area contributed by atoms with Crippen molar-refractivity contribution >= 4 is 0 Å². The minimum Gasteiger partial charge on any atom is -0.311 e. The SMILES string of the molecule is CC1C[C@H](F)CN1. The van der Waals surface area contributed by atoms with E-state index in [1.807, 2.05) is 6.92 Å². The fraction of sp³-hybridized carbons (Fsp3) is 1.00. The van der Waals surface area contributed by atoms with Crippen LogP contribution in [0, 0.1) is 0 Å². The summed E-state index contributed by atoms with van der Waals surface area (Å²) < 4.78 is 12.1. The van der Waals surface area contributed by atoms with Crippen LogP contribution < -0.4 is 5.32 Å². The van der Waals surface area contributed by atoms with Gasteiger partial charge in [0, 0.05) is 12.6 Å². The third-order valence-corrected chi connectivity index (χ3v) is 1.30. The molecule has 1 rings (SSSR count). The number of rotatable bonds is 0. The van der Waals surface area contributed by atoms with Crippen molar-refractivity contribution in [2.24, 2.45) is 0 Å². The van der Waals surface area contributed by atoms with Crippen molar-refractivity contribution in [3.05, 3.63) is 0 Å². The second-order valence-electron chi connectivity index (χ2n) is 2.14. The molecule has 0 bridgehead atoms. The topological polar surface area (TPSA) is 12.0 Å². The molecule has 42 valence electrons. The molecule has 0 aromatic carbocycles. The first kappa shape index (κ1) is 5.04. The Bertz CT molecular complexity index is 57.1. The van der Waals surface area contributed by atoms with E-state index >= 15 is 0 Å². The number of nitrogens with one attached hydrogen (secondary N) is 1. The smallest absolute Gasteiger partial charge is 0.114 e. The van der Waals surface area contributed by atoms with Crippen LogP contribution in [0.25, 0.3) is 0 Å². The fourth-order valence-corrected chi connectivity index (χ4v) is 0.879. The van der Waals surface area contributed by atoms with E-state index in [-0.39, 0.29) is 0 Å². The summed E-state index contributed by atoms with van der Waals surface area (Å²) in [5, 5.41) is 2.99. The van der Waals surface area contributed by atoms with Crippen LogP contribution in [0.4, 0.5) is 4.39 Å². The zero-order chi connectivity index (χ0) is 5.28. The number of alkyl halides is 1. The Balaban J connectivity index is 2.26. The highest BCUT2D eigenvalue weighted by atomic mass is 19.1. The maximum atomic E-state index is 12.1. The van der Waals surface area contributed by atoms with Gasteiger partial charge < -0.3 is 5.32 Å². The zero-order valence-electron chi connectivity index (χ0n) is 4.45. The Labute approximate surface area is 42.9 Å². The number of halogens is 1. The summed E-state index contributed by atoms with van der Waals surface area (Å²) in [7, 11) is 0. The molecule has 0 amide bonds. The van der Waals surface area contributed by atoms with E-state index in [4.69, 9.17) is 0 Å². The molecule has 2 heteroatoms. The predicted molar refractivity (Wildman–Crippen MR) is 27.0 cm³/mol. The average Bonchev–Trinajstić information content (AvgIpc) is 1.87. The van der Waals surface area contributed by atoms with Gasteiger partial charge in [0.25, 0.3) is 0 Å². The summed E-state index contributed by atoms with van der Waals surface area (Å²) in [5.74, 6) is 0. The van der Waals surface area contributed by atoms with Crippen LogP contribution in [-0.2, 0) is 0 Å². The Kier molecular flexibility index (Phi) is 1.28. The van der Waals surface area contributed by atoms with Gasteiger partial charge in [0.1, 0.15) is 6.17 Å². The molecule has 0 radical (unpaired) electrons. The van der Waals surface area contributed by atoms with Crippen LogP contribution in [0.2, 0.25) is 0 Å². The van der Waals surface area contributed by atoms with Crippen LogP contribution in [0.15, 0.2) is 0 Å². The number of hydrogen-bond donors (Lipinski definition) is 1. The van der Waals surface area contributed by atoms with Crippen molar-refractivity contribution in [1.29, 1.82) is 0 Å². The molecule has 0 saturated carbocycles. The summed E-state index contributed by atoms with van der Waals surface area (Å²) >= 11 is 0. The molecule has 1 unspecified atom stereocenters. The molecule has 0 spiro atoms. The molecular weight excluding hydrogens is 93.1 g/mol. The van der Waals surface area contributed by atoms with Crippen molar-refractivity contribution < 1.29 is 4.39 Å². The van der Waals surface area contributed by atoms with Crippen molar-refractivity contribution in [3.63, 3.8) is 0 Å². The summed E-state index contributed by atoms with van der Waals surface area (Å²) in [4.78, 5) is 0. The molecule has 0 aliphatic carbocycles. The van der Waals surface area contributed by atoms with Crippen LogP contribution in [-0.4, -0.2) is 18.8 Å². The van der Waals surface area contributed by atoms with Gasteiger partial charge >= 0.3 is 0 Å². The standard InChI is InChI=1S/C5H10FN/c1-4-2-5(6)3-7-4/h4-5,7H,2-3H2,1H3/t4?,5-/m0/s1. The van der Waals surface area contributed by atoms with Gasteiger partial charge in [-0.1, -0.05) is 0 Å². The van der Waals surface area contributed by atoms with Gasteiger partial charge in [-0.25, -0.2) is 4.39 Å². The third kappa shape index (κ3) is 1.13. The molecule has 0 aromatic heterocycles. The van der Waals surface area contributed by atoms with E-state index in [9.17, 15) is 4.39 Å². The maximum absolute atomic E-state index is 12.1. The van der Waals surface area contributed by atoms with Gasteiger partial charge in [-0.15, -0.1) is 0 Å². The molecule has 1 nitrogen and oxygen atoms in total. The van der Waals surface area contributed by atoms with Crippen molar-refractivity contribution in [3.8, 4) is 0 Å². The molecule has 1 saturated heterocycles. The summed E-state index contributed by atoms with van der Waals surface area (Å²) in [5.41, 5.74) is 0. The van der Waals surface area contributed by atoms with E-state index in [1.165, 1.54) is 0 Å². The molecule has 1 fully saturated rings. The van der Waals surface area contributed by atoms with Crippen LogP contribution in [0.1, 0.15) is 13.3 Å². The minimum atomic E-state index is -0.588. The minimum absolute atomic E-state index is 0.398. The number of hydrogen-bond acceptors (Lipinski definition) is 1. The molecular formula is C5H10FN. The third-order valence-electron chi connectivity index (χ3n) is 1.30. The molecule has 1 aliphatic rings. The predicted octanol–water partition coefficient (Wildman–Crippen LogP) is 0.706. The molecule has 1 N–H and O–H groups in total. The quantitative estimate of drug-likeness (QED) is 0.476. The summed E-state index contributed by atoms with van der Waals surface area (Å²) in [6, 6.07) is 0.398. The van der Waals surface area contributed by atoms with E-state index in [0.717, 1.165) is 0 Å². The lowest BCUT2D eigenvalue weighted by atomic mass is 10.2. The Morgan fingerprint density at radius 2 is 2.43 bits per heavy atom. The van der Waals surface area contributed by atoms with Crippen LogP contribution in [0.5, 0.6) is 0 Å². The van der Waals surface area contributed by atoms with Gasteiger partial charge in [-0.3, -0.25) is 0 Å². The van der Waals surface area contributed by atoms with E-state index in [1.54, 1.807) is 0 Å². The maximum Gasteiger partial charge on any atom is 0.114 e. The fourth-order valence-electron chi connectivity index (χ4n) is 0.879. The highest BCUT2D eigenvalue weighted by Crippen LogP contribution is 2.07. The summed E-state index contributed by atoms with van der Waals surface area (Å²) in [6.07, 6.45) is 0.106. The first-order valence-corrected chi connectivity index (χ1v) is 2.66. The first-order valence-electron chi connectivity index (χ1n) is 2.66. The molecule has 1 aliphatic heterocycles. The average molecular weight is 103 g/mol. The lowest BCUT2D eigenvalue weighted by Gasteiger charge is -1.94. The van der Waals surface area contributed by atoms with Gasteiger partial charge in [-0.2, -0.15) is 0 Å². The van der Waals surface area contributed by atoms with E-state index in [0.29, 0.717) is 19.0 Å². The van der Waals surface area contributed by atoms with Gasteiger partial charge in [-0.05, 0) is 13.3 Å². The van der Waals surface area contributed by atoms with Crippen LogP contribution in [0.3, 0.4) is 0 Å². The van der Waals surface area contributed by atoms with Gasteiger partial charge in [0.15, 0.2) is 0 Å². The highest BCUT2D eigenvalue weighted by molar-refractivity contribution is 4.76. The molecule has 7 heavy (non-hydrogen) atoms. The second-order valence-corrected chi connectivity index (χ2v) is 2.14. The van der Waals surface area contributed by atoms with Crippen molar-refractivity contribution in [2.75, 3.05) is 6.54 Å². The Hall–Kier alpha value is -0.110. The monoisotopic (exact) mass is 103 g/mol. The van der Waals surface area contributed by atoms with E-state index in [2.05, 4.69) is 5.32 Å². The molecule has 2 atom stereocenters. The highest BCUT2D eigenvalue weighted by Gasteiger charge is 2.18. The Morgan fingerprint density at radius 3 is 2.57 bits per heavy atom. The summed E-state index contributed by atoms with van der Waals surface area (Å²) in [6.45, 7) is 2.56. The molecule has 1 heterocycles. The van der Waals surface area contributed by atoms with Crippen LogP contribution >= 0.6 is 0 Å². The normalized spacial score (nSPS) is 42.0. The largest absolute Gasteiger partial charge is 0.311 e. The molecule has 0 aromatic rings. The lowest BCUT2D eigenvalue weighted by Crippen LogP contribution is -2.16. The first-order chi connectivity index (χ1) is 3.29. The Morgan fingerprint density at radius 1 is 1.71 bits per heavy atom. The lowest BCUT2D eigenvalue weighted by molar-refractivity contribution is 0.357. The van der Waals surface area contributed by atoms with Gasteiger partial charge in [0.05, 0.1) is 0 Å². The van der Waals surface area contributed by atoms with E-state index < -0.39 is 6.17 Å². The van der Waals surface area contributed by atoms with Crippen molar-refractivity contribution in [2.45, 2.75) is 25.6 Å². The van der Waals surface area contributed by atoms with Crippen molar-refractivity contribution in [1.82, 2.24) is 5.32 Å². The zero-order valence-corrected chi connectivity index (χ0v) is 4.45. The second kappa shape index (κ2) is 1.78. The van der Waals surface area contributed by atoms with Gasteiger partial charge in [0.2, 0.25) is 0 Å².